The van der Waals surface area contributed by atoms with Gasteiger partial charge in [0.15, 0.2) is 0 Å². The first-order valence-corrected chi connectivity index (χ1v) is 6.63. The Kier molecular flexibility index (Phi) is 3.78. The Bertz CT molecular complexity index is 286. The van der Waals surface area contributed by atoms with Gasteiger partial charge in [0.05, 0.1) is 6.10 Å². The highest BCUT2D eigenvalue weighted by molar-refractivity contribution is 7.10. The Morgan fingerprint density at radius 1 is 1.47 bits per heavy atom. The smallest absolute Gasteiger partial charge is 0.0693 e. The molecule has 3 atom stereocenters. The summed E-state index contributed by atoms with van der Waals surface area (Å²) in [6.45, 7) is 2.17. The second kappa shape index (κ2) is 5.10. The third-order valence-corrected chi connectivity index (χ3v) is 4.22. The molecule has 0 aliphatic heterocycles. The molecule has 1 unspecified atom stereocenters. The van der Waals surface area contributed by atoms with Gasteiger partial charge in [0.1, 0.15) is 0 Å². The molecule has 2 N–H and O–H groups in total. The minimum absolute atomic E-state index is 0.152. The first kappa shape index (κ1) is 11.1. The van der Waals surface area contributed by atoms with Crippen molar-refractivity contribution < 1.29 is 5.11 Å². The molecule has 2 rings (SSSR count). The van der Waals surface area contributed by atoms with Gasteiger partial charge >= 0.3 is 0 Å². The van der Waals surface area contributed by atoms with E-state index in [-0.39, 0.29) is 12.1 Å². The molecule has 15 heavy (non-hydrogen) atoms. The molecular weight excluding hydrogens is 206 g/mol. The molecule has 0 spiro atoms. The first-order chi connectivity index (χ1) is 7.27. The molecule has 1 aromatic rings. The van der Waals surface area contributed by atoms with Crippen molar-refractivity contribution in [1.82, 2.24) is 5.32 Å². The van der Waals surface area contributed by atoms with E-state index >= 15 is 0 Å². The van der Waals surface area contributed by atoms with Crippen LogP contribution < -0.4 is 5.32 Å². The molecule has 1 saturated carbocycles. The van der Waals surface area contributed by atoms with E-state index in [9.17, 15) is 5.11 Å². The van der Waals surface area contributed by atoms with E-state index in [1.54, 1.807) is 11.3 Å². The molecule has 0 radical (unpaired) electrons. The summed E-state index contributed by atoms with van der Waals surface area (Å²) < 4.78 is 0. The lowest BCUT2D eigenvalue weighted by Crippen LogP contribution is -2.42. The fraction of sp³-hybridized carbons (Fsp3) is 0.667. The third kappa shape index (κ3) is 2.80. The summed E-state index contributed by atoms with van der Waals surface area (Å²) in [5, 5.41) is 15.5. The molecular formula is C12H19NOS. The minimum Gasteiger partial charge on any atom is -0.392 e. The van der Waals surface area contributed by atoms with Gasteiger partial charge in [-0.1, -0.05) is 18.9 Å². The molecule has 0 amide bonds. The Hall–Kier alpha value is -0.380. The predicted octanol–water partition coefficient (Wildman–Crippen LogP) is 2.70. The van der Waals surface area contributed by atoms with Crippen LogP contribution in [0.1, 0.15) is 43.5 Å². The number of hydrogen-bond donors (Lipinski definition) is 2. The van der Waals surface area contributed by atoms with Crippen LogP contribution in [0.25, 0.3) is 0 Å². The van der Waals surface area contributed by atoms with E-state index in [2.05, 4.69) is 29.8 Å². The van der Waals surface area contributed by atoms with Crippen LogP contribution in [0.2, 0.25) is 0 Å². The van der Waals surface area contributed by atoms with E-state index in [1.165, 1.54) is 17.7 Å². The normalized spacial score (nSPS) is 28.9. The number of aliphatic hydroxyl groups is 1. The number of rotatable bonds is 3. The van der Waals surface area contributed by atoms with Crippen LogP contribution in [0.4, 0.5) is 0 Å². The zero-order valence-corrected chi connectivity index (χ0v) is 9.96. The predicted molar refractivity (Wildman–Crippen MR) is 64.1 cm³/mol. The van der Waals surface area contributed by atoms with Crippen LogP contribution in [0, 0.1) is 0 Å². The summed E-state index contributed by atoms with van der Waals surface area (Å²) in [5.41, 5.74) is 0. The summed E-state index contributed by atoms with van der Waals surface area (Å²) in [5.74, 6) is 0. The molecule has 1 aliphatic carbocycles. The quantitative estimate of drug-likeness (QED) is 0.829. The van der Waals surface area contributed by atoms with E-state index in [4.69, 9.17) is 0 Å². The minimum atomic E-state index is -0.152. The van der Waals surface area contributed by atoms with Crippen molar-refractivity contribution in [3.63, 3.8) is 0 Å². The average Bonchev–Trinajstić information content (AvgIpc) is 2.74. The van der Waals surface area contributed by atoms with E-state index in [1.807, 2.05) is 0 Å². The number of thiophene rings is 1. The molecule has 0 aromatic carbocycles. The van der Waals surface area contributed by atoms with Crippen LogP contribution >= 0.6 is 11.3 Å². The van der Waals surface area contributed by atoms with Crippen molar-refractivity contribution in [2.75, 3.05) is 0 Å². The maximum atomic E-state index is 9.86. The average molecular weight is 225 g/mol. The molecule has 1 fully saturated rings. The second-order valence-electron chi connectivity index (χ2n) is 4.36. The van der Waals surface area contributed by atoms with E-state index in [0.717, 1.165) is 12.8 Å². The van der Waals surface area contributed by atoms with Gasteiger partial charge in [-0.05, 0) is 31.2 Å². The molecule has 1 heterocycles. The number of nitrogens with one attached hydrogen (secondary N) is 1. The van der Waals surface area contributed by atoms with Gasteiger partial charge in [-0.2, -0.15) is 0 Å². The van der Waals surface area contributed by atoms with Crippen molar-refractivity contribution in [2.45, 2.75) is 50.8 Å². The fourth-order valence-corrected chi connectivity index (χ4v) is 2.99. The topological polar surface area (TPSA) is 32.3 Å². The highest BCUT2D eigenvalue weighted by atomic mass is 32.1. The summed E-state index contributed by atoms with van der Waals surface area (Å²) in [4.78, 5) is 1.35. The SMILES string of the molecule is CC(N[C@@H]1CCCC[C@H]1O)c1cccs1. The van der Waals surface area contributed by atoms with Crippen LogP contribution in [0.15, 0.2) is 17.5 Å². The number of aliphatic hydroxyl groups excluding tert-OH is 1. The zero-order valence-electron chi connectivity index (χ0n) is 9.15. The molecule has 0 bridgehead atoms. The highest BCUT2D eigenvalue weighted by Crippen LogP contribution is 2.23. The van der Waals surface area contributed by atoms with Gasteiger partial charge in [0.25, 0.3) is 0 Å². The highest BCUT2D eigenvalue weighted by Gasteiger charge is 2.24. The van der Waals surface area contributed by atoms with E-state index in [0.29, 0.717) is 6.04 Å². The second-order valence-corrected chi connectivity index (χ2v) is 5.34. The molecule has 0 saturated heterocycles. The summed E-state index contributed by atoms with van der Waals surface area (Å²) in [6, 6.07) is 4.88. The standard InChI is InChI=1S/C12H19NOS/c1-9(12-7-4-8-15-12)13-10-5-2-3-6-11(10)14/h4,7-11,13-14H,2-3,5-6H2,1H3/t9?,10-,11-/m1/s1. The largest absolute Gasteiger partial charge is 0.392 e. The van der Waals surface area contributed by atoms with Crippen molar-refractivity contribution in [3.8, 4) is 0 Å². The van der Waals surface area contributed by atoms with Gasteiger partial charge in [-0.3, -0.25) is 0 Å². The van der Waals surface area contributed by atoms with Crippen LogP contribution in [0.3, 0.4) is 0 Å². The fourth-order valence-electron chi connectivity index (χ4n) is 2.25. The van der Waals surface area contributed by atoms with Crippen LogP contribution in [-0.4, -0.2) is 17.3 Å². The third-order valence-electron chi connectivity index (χ3n) is 3.16. The Labute approximate surface area is 95.3 Å². The van der Waals surface area contributed by atoms with Gasteiger partial charge in [-0.25, -0.2) is 0 Å². The molecule has 1 aromatic heterocycles. The lowest BCUT2D eigenvalue weighted by Gasteiger charge is -2.30. The van der Waals surface area contributed by atoms with E-state index < -0.39 is 0 Å². The Morgan fingerprint density at radius 2 is 2.27 bits per heavy atom. The van der Waals surface area contributed by atoms with Crippen molar-refractivity contribution in [3.05, 3.63) is 22.4 Å². The lowest BCUT2D eigenvalue weighted by atomic mass is 9.92. The monoisotopic (exact) mass is 225 g/mol. The van der Waals surface area contributed by atoms with Crippen molar-refractivity contribution in [2.24, 2.45) is 0 Å². The first-order valence-electron chi connectivity index (χ1n) is 5.75. The van der Waals surface area contributed by atoms with Gasteiger partial charge in [0, 0.05) is 17.0 Å². The van der Waals surface area contributed by atoms with Gasteiger partial charge in [0.2, 0.25) is 0 Å². The summed E-state index contributed by atoms with van der Waals surface area (Å²) in [6.07, 6.45) is 4.32. The molecule has 1 aliphatic rings. The lowest BCUT2D eigenvalue weighted by molar-refractivity contribution is 0.0862. The molecule has 84 valence electrons. The van der Waals surface area contributed by atoms with Crippen molar-refractivity contribution >= 4 is 11.3 Å². The van der Waals surface area contributed by atoms with Gasteiger partial charge < -0.3 is 10.4 Å². The Morgan fingerprint density at radius 3 is 2.93 bits per heavy atom. The maximum Gasteiger partial charge on any atom is 0.0693 e. The zero-order chi connectivity index (χ0) is 10.7. The van der Waals surface area contributed by atoms with Crippen LogP contribution in [0.5, 0.6) is 0 Å². The molecule has 2 nitrogen and oxygen atoms in total. The van der Waals surface area contributed by atoms with Gasteiger partial charge in [-0.15, -0.1) is 11.3 Å². The van der Waals surface area contributed by atoms with Crippen molar-refractivity contribution in [1.29, 1.82) is 0 Å². The Balaban J connectivity index is 1.90. The summed E-state index contributed by atoms with van der Waals surface area (Å²) >= 11 is 1.78. The maximum absolute atomic E-state index is 9.86. The summed E-state index contributed by atoms with van der Waals surface area (Å²) in [7, 11) is 0. The molecule has 3 heteroatoms. The number of hydrogen-bond acceptors (Lipinski definition) is 3. The van der Waals surface area contributed by atoms with Crippen LogP contribution in [-0.2, 0) is 0 Å².